The van der Waals surface area contributed by atoms with Gasteiger partial charge in [0.25, 0.3) is 0 Å². The number of hydrogen-bond donors (Lipinski definition) is 1. The van der Waals surface area contributed by atoms with E-state index in [1.165, 1.54) is 33.4 Å². The molecule has 0 saturated carbocycles. The number of fused-ring (bicyclic) bond motifs is 5. The lowest BCUT2D eigenvalue weighted by Crippen LogP contribution is -2.30. The molecule has 0 fully saturated rings. The summed E-state index contributed by atoms with van der Waals surface area (Å²) in [6, 6.07) is 81.4. The van der Waals surface area contributed by atoms with Crippen LogP contribution >= 0.6 is 0 Å². The van der Waals surface area contributed by atoms with Crippen molar-refractivity contribution in [2.24, 2.45) is 15.7 Å². The van der Waals surface area contributed by atoms with Gasteiger partial charge in [-0.15, -0.1) is 0 Å². The molecule has 1 unspecified atom stereocenters. The summed E-state index contributed by atoms with van der Waals surface area (Å²) in [4.78, 5) is 20.3. The van der Waals surface area contributed by atoms with Crippen molar-refractivity contribution in [2.45, 2.75) is 24.8 Å². The molecule has 0 amide bonds. The second-order valence-electron chi connectivity index (χ2n) is 19.0. The molecule has 6 heteroatoms. The molecule has 352 valence electrons. The Morgan fingerprint density at radius 3 is 2.05 bits per heavy atom. The standard InChI is InChI=1S/C68H50N6/c69-65(49-19-4-1-5-20-49)73-66(71-45-50-21-18-30-60-64(50)58-28-12-13-29-59(58)68(60,51-22-6-2-7-23-51)52-24-8-3-9-25-52)57-43-42-54(55-26-10-11-27-56(55)57)48-36-34-46(35-37-48)47-38-40-53(41-39-47)74-63-33-15-14-31-61(63)72-67(74)62-32-16-17-44-70-62/h1-8,10-24,26-44H,9,25,45H2,(H2,69,71,73). The van der Waals surface area contributed by atoms with E-state index in [-0.39, 0.29) is 0 Å². The maximum absolute atomic E-state index is 6.90. The van der Waals surface area contributed by atoms with E-state index in [9.17, 15) is 0 Å². The molecular formula is C68H50N6. The average Bonchev–Trinajstić information content (AvgIpc) is 4.11. The third-order valence-corrected chi connectivity index (χ3v) is 14.8. The monoisotopic (exact) mass is 950 g/mol. The molecule has 0 aliphatic heterocycles. The SMILES string of the molecule is NC(=NC(=NCc1cccc2c1-c1ccccc1C2(C1=CC=CCC1)c1ccccc1)c1ccc(-c2ccc(-c3ccc(-n4c(-c5ccccn5)nc5ccccc54)cc3)cc2)c2ccccc12)c1ccccc1. The lowest BCUT2D eigenvalue weighted by Gasteiger charge is -2.36. The van der Waals surface area contributed by atoms with Crippen LogP contribution in [0.15, 0.2) is 271 Å². The molecule has 13 rings (SSSR count). The quantitative estimate of drug-likeness (QED) is 0.110. The fraction of sp³-hybridized carbons (Fsp3) is 0.0588. The van der Waals surface area contributed by atoms with Crippen LogP contribution in [0.4, 0.5) is 0 Å². The molecule has 11 aromatic rings. The summed E-state index contributed by atoms with van der Waals surface area (Å²) in [6.45, 7) is 0.408. The number of nitrogens with zero attached hydrogens (tertiary/aromatic N) is 5. The Balaban J connectivity index is 0.872. The molecule has 2 aromatic heterocycles. The second kappa shape index (κ2) is 18.9. The normalized spacial score (nSPS) is 15.3. The van der Waals surface area contributed by atoms with Crippen LogP contribution in [0.2, 0.25) is 0 Å². The second-order valence-corrected chi connectivity index (χ2v) is 19.0. The van der Waals surface area contributed by atoms with Gasteiger partial charge < -0.3 is 5.73 Å². The molecule has 2 heterocycles. The summed E-state index contributed by atoms with van der Waals surface area (Å²) in [5, 5.41) is 2.16. The first-order chi connectivity index (χ1) is 36.6. The van der Waals surface area contributed by atoms with Gasteiger partial charge in [-0.2, -0.15) is 0 Å². The molecular weight excluding hydrogens is 901 g/mol. The maximum atomic E-state index is 6.90. The number of benzene rings is 9. The van der Waals surface area contributed by atoms with Gasteiger partial charge in [0.15, 0.2) is 11.7 Å². The molecule has 74 heavy (non-hydrogen) atoms. The number of hydrogen-bond acceptors (Lipinski definition) is 3. The lowest BCUT2D eigenvalue weighted by molar-refractivity contribution is 0.692. The van der Waals surface area contributed by atoms with Crippen molar-refractivity contribution in [1.82, 2.24) is 14.5 Å². The third kappa shape index (κ3) is 7.67. The Labute approximate surface area is 430 Å². The van der Waals surface area contributed by atoms with Gasteiger partial charge in [-0.25, -0.2) is 9.98 Å². The number of nitrogens with two attached hydrogens (primary N) is 1. The van der Waals surface area contributed by atoms with Crippen LogP contribution in [-0.4, -0.2) is 26.2 Å². The molecule has 2 aliphatic rings. The van der Waals surface area contributed by atoms with Gasteiger partial charge in [0.2, 0.25) is 0 Å². The van der Waals surface area contributed by atoms with Crippen LogP contribution < -0.4 is 5.73 Å². The number of aromatic nitrogens is 3. The van der Waals surface area contributed by atoms with Gasteiger partial charge >= 0.3 is 0 Å². The van der Waals surface area contributed by atoms with Gasteiger partial charge in [0.1, 0.15) is 11.5 Å². The van der Waals surface area contributed by atoms with Gasteiger partial charge in [-0.3, -0.25) is 14.5 Å². The summed E-state index contributed by atoms with van der Waals surface area (Å²) >= 11 is 0. The zero-order valence-electron chi connectivity index (χ0n) is 40.7. The van der Waals surface area contributed by atoms with Crippen molar-refractivity contribution in [1.29, 1.82) is 0 Å². The smallest absolute Gasteiger partial charge is 0.164 e. The molecule has 9 aromatic carbocycles. The van der Waals surface area contributed by atoms with Crippen LogP contribution in [-0.2, 0) is 12.0 Å². The van der Waals surface area contributed by atoms with Crippen molar-refractivity contribution in [3.8, 4) is 50.6 Å². The molecule has 0 spiro atoms. The van der Waals surface area contributed by atoms with E-state index < -0.39 is 5.41 Å². The molecule has 0 saturated heterocycles. The first-order valence-corrected chi connectivity index (χ1v) is 25.3. The van der Waals surface area contributed by atoms with Crippen LogP contribution in [0.1, 0.15) is 46.2 Å². The van der Waals surface area contributed by atoms with E-state index in [1.54, 1.807) is 0 Å². The van der Waals surface area contributed by atoms with Gasteiger partial charge in [-0.1, -0.05) is 212 Å². The van der Waals surface area contributed by atoms with Gasteiger partial charge in [0.05, 0.1) is 23.0 Å². The number of amidine groups is 2. The Morgan fingerprint density at radius 2 is 1.27 bits per heavy atom. The molecule has 6 nitrogen and oxygen atoms in total. The summed E-state index contributed by atoms with van der Waals surface area (Å²) in [7, 11) is 0. The molecule has 2 N–H and O–H groups in total. The number of aliphatic imine (C=N–C) groups is 2. The van der Waals surface area contributed by atoms with Crippen molar-refractivity contribution < 1.29 is 0 Å². The van der Waals surface area contributed by atoms with Crippen LogP contribution in [0.25, 0.3) is 72.4 Å². The summed E-state index contributed by atoms with van der Waals surface area (Å²) in [5.74, 6) is 1.81. The van der Waals surface area contributed by atoms with E-state index in [1.807, 2.05) is 66.9 Å². The van der Waals surface area contributed by atoms with E-state index in [2.05, 4.69) is 198 Å². The van der Waals surface area contributed by atoms with Crippen molar-refractivity contribution >= 4 is 33.5 Å². The minimum atomic E-state index is -0.423. The van der Waals surface area contributed by atoms with Crippen LogP contribution in [0, 0.1) is 0 Å². The van der Waals surface area contributed by atoms with E-state index in [0.29, 0.717) is 18.2 Å². The summed E-state index contributed by atoms with van der Waals surface area (Å²) in [6.07, 6.45) is 10.7. The first-order valence-electron chi connectivity index (χ1n) is 25.3. The predicted molar refractivity (Wildman–Crippen MR) is 305 cm³/mol. The Bertz CT molecular complexity index is 4020. The first kappa shape index (κ1) is 44.4. The van der Waals surface area contributed by atoms with Crippen LogP contribution in [0.3, 0.4) is 0 Å². The van der Waals surface area contributed by atoms with E-state index in [4.69, 9.17) is 20.7 Å². The molecule has 0 bridgehead atoms. The largest absolute Gasteiger partial charge is 0.383 e. The topological polar surface area (TPSA) is 81.5 Å². The maximum Gasteiger partial charge on any atom is 0.164 e. The van der Waals surface area contributed by atoms with E-state index >= 15 is 0 Å². The highest BCUT2D eigenvalue weighted by Gasteiger charge is 2.47. The fourth-order valence-electron chi connectivity index (χ4n) is 11.5. The van der Waals surface area contributed by atoms with Crippen molar-refractivity contribution in [3.05, 3.63) is 294 Å². The summed E-state index contributed by atoms with van der Waals surface area (Å²) < 4.78 is 2.19. The number of allylic oxidation sites excluding steroid dienone is 4. The van der Waals surface area contributed by atoms with Crippen LogP contribution in [0.5, 0.6) is 0 Å². The average molecular weight is 951 g/mol. The number of imidazole rings is 1. The summed E-state index contributed by atoms with van der Waals surface area (Å²) in [5.41, 5.74) is 25.5. The zero-order chi connectivity index (χ0) is 49.4. The molecule has 0 radical (unpaired) electrons. The van der Waals surface area contributed by atoms with Crippen molar-refractivity contribution in [2.75, 3.05) is 0 Å². The fourth-order valence-corrected chi connectivity index (χ4v) is 11.5. The van der Waals surface area contributed by atoms with E-state index in [0.717, 1.165) is 90.8 Å². The van der Waals surface area contributed by atoms with Crippen molar-refractivity contribution in [3.63, 3.8) is 0 Å². The zero-order valence-corrected chi connectivity index (χ0v) is 40.7. The number of rotatable bonds is 10. The molecule has 1 atom stereocenters. The minimum Gasteiger partial charge on any atom is -0.383 e. The van der Waals surface area contributed by atoms with Gasteiger partial charge in [-0.05, 0) is 122 Å². The molecule has 2 aliphatic carbocycles. The lowest BCUT2D eigenvalue weighted by atomic mass is 9.65. The Hall–Kier alpha value is -9.52. The third-order valence-electron chi connectivity index (χ3n) is 14.8. The highest BCUT2D eigenvalue weighted by molar-refractivity contribution is 6.18. The highest BCUT2D eigenvalue weighted by atomic mass is 15.1. The number of pyridine rings is 1. The Morgan fingerprint density at radius 1 is 0.581 bits per heavy atom. The highest BCUT2D eigenvalue weighted by Crippen LogP contribution is 2.58. The number of para-hydroxylation sites is 2. The minimum absolute atomic E-state index is 0.408. The van der Waals surface area contributed by atoms with Gasteiger partial charge in [0, 0.05) is 23.0 Å². The Kier molecular flexibility index (Phi) is 11.4. The predicted octanol–water partition coefficient (Wildman–Crippen LogP) is 15.5.